The molecule has 1 aliphatic carbocycles. The highest BCUT2D eigenvalue weighted by atomic mass is 19.4. The van der Waals surface area contributed by atoms with Crippen LogP contribution in [0, 0.1) is 5.92 Å². The molecule has 2 unspecified atom stereocenters. The van der Waals surface area contributed by atoms with Crippen LogP contribution in [0.4, 0.5) is 54.8 Å². The van der Waals surface area contributed by atoms with Crippen molar-refractivity contribution < 1.29 is 58.6 Å². The van der Waals surface area contributed by atoms with Crippen LogP contribution in [0.5, 0.6) is 0 Å². The van der Waals surface area contributed by atoms with Crippen molar-refractivity contribution in [2.45, 2.75) is 89.2 Å². The molecule has 2 aromatic carbocycles. The third kappa shape index (κ3) is 7.60. The Kier molecular flexibility index (Phi) is 9.60. The lowest BCUT2D eigenvalue weighted by Crippen LogP contribution is -2.51. The van der Waals surface area contributed by atoms with E-state index >= 15 is 0 Å². The van der Waals surface area contributed by atoms with Crippen molar-refractivity contribution in [1.29, 1.82) is 0 Å². The highest BCUT2D eigenvalue weighted by molar-refractivity contribution is 5.91. The van der Waals surface area contributed by atoms with Gasteiger partial charge in [-0.2, -0.15) is 39.5 Å². The second-order valence-corrected chi connectivity index (χ2v) is 11.4. The fraction of sp³-hybridized carbons (Fsp3) is 0.533. The summed E-state index contributed by atoms with van der Waals surface area (Å²) in [6.45, 7) is 2.31. The molecule has 0 spiro atoms. The van der Waals surface area contributed by atoms with Gasteiger partial charge in [-0.25, -0.2) is 9.59 Å². The number of benzene rings is 2. The van der Waals surface area contributed by atoms with Gasteiger partial charge in [0.1, 0.15) is 0 Å². The standard InChI is InChI=1S/C30H31F9N2O4/c1-16(2)45-27(43)41-23-9-8-19(28(31,32)33)13-22(23)25(14-24(41)18-6-4-5-7-18)40(26(42)44-3)15-17-10-20(29(34,35)36)12-21(11-17)30(37,38)39/h8-13,16,18,24-25H,4-7,14-15H2,1-3H3. The van der Waals surface area contributed by atoms with Gasteiger partial charge in [0, 0.05) is 12.6 Å². The smallest absolute Gasteiger partial charge is 0.416 e. The molecule has 2 aliphatic rings. The molecule has 0 radical (unpaired) electrons. The fourth-order valence-electron chi connectivity index (χ4n) is 6.12. The number of ether oxygens (including phenoxy) is 2. The van der Waals surface area contributed by atoms with Crippen LogP contribution in [0.1, 0.15) is 79.8 Å². The van der Waals surface area contributed by atoms with Crippen molar-refractivity contribution in [3.05, 3.63) is 64.2 Å². The van der Waals surface area contributed by atoms with E-state index < -0.39 is 77.7 Å². The zero-order valence-corrected chi connectivity index (χ0v) is 24.4. The summed E-state index contributed by atoms with van der Waals surface area (Å²) in [4.78, 5) is 28.7. The Hall–Kier alpha value is -3.65. The highest BCUT2D eigenvalue weighted by Gasteiger charge is 2.46. The van der Waals surface area contributed by atoms with Gasteiger partial charge in [-0.3, -0.25) is 9.80 Å². The average molecular weight is 655 g/mol. The number of carbonyl (C=O) groups excluding carboxylic acids is 2. The predicted molar refractivity (Wildman–Crippen MR) is 143 cm³/mol. The number of halogens is 9. The molecule has 4 rings (SSSR count). The van der Waals surface area contributed by atoms with Gasteiger partial charge >= 0.3 is 30.7 Å². The quantitative estimate of drug-likeness (QED) is 0.302. The van der Waals surface area contributed by atoms with Crippen molar-refractivity contribution >= 4 is 17.9 Å². The van der Waals surface area contributed by atoms with Crippen LogP contribution >= 0.6 is 0 Å². The largest absolute Gasteiger partial charge is 0.453 e. The molecule has 1 heterocycles. The van der Waals surface area contributed by atoms with E-state index in [1.54, 1.807) is 13.8 Å². The second-order valence-electron chi connectivity index (χ2n) is 11.4. The van der Waals surface area contributed by atoms with E-state index in [2.05, 4.69) is 0 Å². The first-order valence-electron chi connectivity index (χ1n) is 14.1. The van der Waals surface area contributed by atoms with Gasteiger partial charge in [0.25, 0.3) is 0 Å². The fourth-order valence-corrected chi connectivity index (χ4v) is 6.12. The molecule has 45 heavy (non-hydrogen) atoms. The SMILES string of the molecule is COC(=O)N(Cc1cc(C(F)(F)F)cc(C(F)(F)F)c1)C1CC(C2CCCC2)N(C(=O)OC(C)C)c2ccc(C(F)(F)F)cc21. The summed E-state index contributed by atoms with van der Waals surface area (Å²) in [5.74, 6) is -0.174. The first-order valence-corrected chi connectivity index (χ1v) is 14.1. The summed E-state index contributed by atoms with van der Waals surface area (Å²) in [6, 6.07) is 1.34. The minimum atomic E-state index is -5.17. The van der Waals surface area contributed by atoms with E-state index in [0.717, 1.165) is 43.1 Å². The Morgan fingerprint density at radius 1 is 0.867 bits per heavy atom. The molecule has 1 aliphatic heterocycles. The van der Waals surface area contributed by atoms with Gasteiger partial charge in [-0.15, -0.1) is 0 Å². The number of nitrogens with zero attached hydrogens (tertiary/aromatic N) is 2. The number of rotatable bonds is 5. The van der Waals surface area contributed by atoms with E-state index in [1.165, 1.54) is 4.90 Å². The number of anilines is 1. The maximum Gasteiger partial charge on any atom is 0.416 e. The second kappa shape index (κ2) is 12.6. The number of carbonyl (C=O) groups is 2. The summed E-state index contributed by atoms with van der Waals surface area (Å²) in [5, 5.41) is 0. The Morgan fingerprint density at radius 2 is 1.42 bits per heavy atom. The molecule has 0 aromatic heterocycles. The molecule has 6 nitrogen and oxygen atoms in total. The minimum Gasteiger partial charge on any atom is -0.453 e. The van der Waals surface area contributed by atoms with Crippen molar-refractivity contribution in [2.24, 2.45) is 5.92 Å². The molecule has 2 aromatic rings. The third-order valence-electron chi connectivity index (χ3n) is 8.03. The Morgan fingerprint density at radius 3 is 1.91 bits per heavy atom. The van der Waals surface area contributed by atoms with Crippen molar-refractivity contribution in [3.8, 4) is 0 Å². The van der Waals surface area contributed by atoms with E-state index in [4.69, 9.17) is 9.47 Å². The molecule has 248 valence electrons. The lowest BCUT2D eigenvalue weighted by Gasteiger charge is -2.46. The zero-order valence-electron chi connectivity index (χ0n) is 24.4. The minimum absolute atomic E-state index is 0.0178. The summed E-state index contributed by atoms with van der Waals surface area (Å²) in [7, 11) is 0.930. The molecule has 15 heteroatoms. The molecule has 1 fully saturated rings. The topological polar surface area (TPSA) is 59.1 Å². The predicted octanol–water partition coefficient (Wildman–Crippen LogP) is 9.37. The normalized spacial score (nSPS) is 19.4. The van der Waals surface area contributed by atoms with Crippen LogP contribution in [-0.2, 0) is 34.5 Å². The molecular formula is C30H31F9N2O4. The number of methoxy groups -OCH3 is 1. The van der Waals surface area contributed by atoms with Gasteiger partial charge in [0.15, 0.2) is 0 Å². The highest BCUT2D eigenvalue weighted by Crippen LogP contribution is 2.48. The maximum atomic E-state index is 13.9. The number of hydrogen-bond acceptors (Lipinski definition) is 4. The number of fused-ring (bicyclic) bond motifs is 1. The summed E-state index contributed by atoms with van der Waals surface area (Å²) < 4.78 is 134. The monoisotopic (exact) mass is 654 g/mol. The van der Waals surface area contributed by atoms with Crippen LogP contribution in [0.25, 0.3) is 0 Å². The van der Waals surface area contributed by atoms with Gasteiger partial charge in [0.2, 0.25) is 0 Å². The molecule has 0 N–H and O–H groups in total. The lowest BCUT2D eigenvalue weighted by atomic mass is 9.82. The number of alkyl halides is 9. The Labute approximate surface area is 253 Å². The third-order valence-corrected chi connectivity index (χ3v) is 8.03. The molecule has 0 bridgehead atoms. The molecule has 0 saturated heterocycles. The van der Waals surface area contributed by atoms with E-state index in [0.29, 0.717) is 25.0 Å². The molecular weight excluding hydrogens is 623 g/mol. The maximum absolute atomic E-state index is 13.9. The lowest BCUT2D eigenvalue weighted by molar-refractivity contribution is -0.143. The number of hydrogen-bond donors (Lipinski definition) is 0. The van der Waals surface area contributed by atoms with Crippen LogP contribution in [-0.4, -0.2) is 36.3 Å². The Balaban J connectivity index is 1.91. The van der Waals surface area contributed by atoms with E-state index in [1.807, 2.05) is 0 Å². The summed E-state index contributed by atoms with van der Waals surface area (Å²) >= 11 is 0. The number of amides is 2. The molecule has 2 amide bonds. The van der Waals surface area contributed by atoms with Crippen LogP contribution in [0.3, 0.4) is 0 Å². The first kappa shape index (κ1) is 34.2. The van der Waals surface area contributed by atoms with Crippen molar-refractivity contribution in [2.75, 3.05) is 12.0 Å². The van der Waals surface area contributed by atoms with Crippen LogP contribution in [0.2, 0.25) is 0 Å². The zero-order chi connectivity index (χ0) is 33.5. The van der Waals surface area contributed by atoms with Crippen molar-refractivity contribution in [1.82, 2.24) is 4.90 Å². The van der Waals surface area contributed by atoms with Crippen LogP contribution in [0.15, 0.2) is 36.4 Å². The van der Waals surface area contributed by atoms with Gasteiger partial charge in [-0.1, -0.05) is 12.8 Å². The summed E-state index contributed by atoms with van der Waals surface area (Å²) in [5.41, 5.74) is -5.15. The van der Waals surface area contributed by atoms with E-state index in [-0.39, 0.29) is 29.7 Å². The average Bonchev–Trinajstić information content (AvgIpc) is 3.47. The van der Waals surface area contributed by atoms with Crippen LogP contribution < -0.4 is 4.90 Å². The Bertz CT molecular complexity index is 1370. The van der Waals surface area contributed by atoms with Gasteiger partial charge in [0.05, 0.1) is 41.6 Å². The molecule has 2 atom stereocenters. The van der Waals surface area contributed by atoms with Gasteiger partial charge < -0.3 is 9.47 Å². The first-order chi connectivity index (χ1) is 20.8. The van der Waals surface area contributed by atoms with Crippen molar-refractivity contribution in [3.63, 3.8) is 0 Å². The summed E-state index contributed by atoms with van der Waals surface area (Å²) in [6.07, 6.45) is -15.1. The molecule has 1 saturated carbocycles. The van der Waals surface area contributed by atoms with E-state index in [9.17, 15) is 49.1 Å². The van der Waals surface area contributed by atoms with Gasteiger partial charge in [-0.05, 0) is 86.6 Å².